The van der Waals surface area contributed by atoms with Crippen LogP contribution in [0.2, 0.25) is 0 Å². The lowest BCUT2D eigenvalue weighted by atomic mass is 10.1. The number of aryl methyl sites for hydroxylation is 1. The Morgan fingerprint density at radius 1 is 1.15 bits per heavy atom. The van der Waals surface area contributed by atoms with Crippen LogP contribution in [-0.2, 0) is 0 Å². The lowest BCUT2D eigenvalue weighted by molar-refractivity contribution is 0.0688. The lowest BCUT2D eigenvalue weighted by Gasteiger charge is -2.10. The molecule has 6 nitrogen and oxygen atoms in total. The fraction of sp³-hybridized carbons (Fsp3) is 0.0476. The van der Waals surface area contributed by atoms with Gasteiger partial charge in [-0.1, -0.05) is 54.6 Å². The molecule has 0 aliphatic rings. The van der Waals surface area contributed by atoms with Crippen molar-refractivity contribution >= 4 is 18.1 Å². The molecule has 1 aromatic heterocycles. The Kier molecular flexibility index (Phi) is 4.95. The number of nitrogens with zero attached hydrogens (tertiary/aromatic N) is 3. The van der Waals surface area contributed by atoms with Crippen molar-refractivity contribution in [2.24, 2.45) is 0 Å². The minimum atomic E-state index is -1.32. The second kappa shape index (κ2) is 7.50. The molecule has 0 spiro atoms. The van der Waals surface area contributed by atoms with Crippen molar-refractivity contribution < 1.29 is 9.90 Å². The van der Waals surface area contributed by atoms with Gasteiger partial charge in [0.05, 0.1) is 5.69 Å². The first kappa shape index (κ1) is 17.8. The zero-order valence-electron chi connectivity index (χ0n) is 14.5. The van der Waals surface area contributed by atoms with Crippen LogP contribution < -0.4 is 5.56 Å². The number of aromatic nitrogens is 2. The van der Waals surface area contributed by atoms with E-state index in [1.54, 1.807) is 24.3 Å². The number of carboxylic acid groups (broad SMARTS) is 1. The van der Waals surface area contributed by atoms with E-state index >= 15 is 0 Å². The first-order chi connectivity index (χ1) is 13.0. The number of carboxylic acids is 1. The van der Waals surface area contributed by atoms with Crippen LogP contribution in [0.1, 0.15) is 32.7 Å². The highest BCUT2D eigenvalue weighted by molar-refractivity contribution is 5.92. The van der Waals surface area contributed by atoms with Crippen LogP contribution in [0.4, 0.5) is 0 Å². The SMILES string of the molecule is Cc1cccc(-n2nc(C(=O)O)c(/C=C/c3ccccc3)c(C#N)c2=O)c1. The van der Waals surface area contributed by atoms with E-state index in [0.29, 0.717) is 5.69 Å². The standard InChI is InChI=1S/C21H15N3O3/c1-14-6-5-9-16(12-14)24-20(25)18(13-22)17(19(23-24)21(26)27)11-10-15-7-3-2-4-8-15/h2-12H,1H3,(H,26,27)/b11-10+. The molecule has 3 rings (SSSR count). The van der Waals surface area contributed by atoms with Crippen LogP contribution in [0.5, 0.6) is 0 Å². The number of hydrogen-bond acceptors (Lipinski definition) is 4. The molecule has 6 heteroatoms. The van der Waals surface area contributed by atoms with E-state index in [-0.39, 0.29) is 16.8 Å². The van der Waals surface area contributed by atoms with Gasteiger partial charge >= 0.3 is 5.97 Å². The quantitative estimate of drug-likeness (QED) is 0.773. The molecule has 0 radical (unpaired) electrons. The van der Waals surface area contributed by atoms with Crippen molar-refractivity contribution in [1.82, 2.24) is 9.78 Å². The molecule has 0 aliphatic carbocycles. The summed E-state index contributed by atoms with van der Waals surface area (Å²) in [6.07, 6.45) is 3.08. The van der Waals surface area contributed by atoms with E-state index in [1.165, 1.54) is 6.08 Å². The summed E-state index contributed by atoms with van der Waals surface area (Å²) in [7, 11) is 0. The van der Waals surface area contributed by atoms with Gasteiger partial charge in [-0.15, -0.1) is 0 Å². The second-order valence-corrected chi connectivity index (χ2v) is 5.85. The van der Waals surface area contributed by atoms with Crippen molar-refractivity contribution in [3.63, 3.8) is 0 Å². The van der Waals surface area contributed by atoms with E-state index in [4.69, 9.17) is 0 Å². The van der Waals surface area contributed by atoms with Crippen LogP contribution in [0.3, 0.4) is 0 Å². The number of hydrogen-bond donors (Lipinski definition) is 1. The summed E-state index contributed by atoms with van der Waals surface area (Å²) in [6, 6.07) is 17.9. The summed E-state index contributed by atoms with van der Waals surface area (Å²) < 4.78 is 0.953. The van der Waals surface area contributed by atoms with Gasteiger partial charge in [-0.05, 0) is 30.2 Å². The molecule has 27 heavy (non-hydrogen) atoms. The van der Waals surface area contributed by atoms with Crippen molar-refractivity contribution in [2.45, 2.75) is 6.92 Å². The topological polar surface area (TPSA) is 96.0 Å². The Balaban J connectivity index is 2.24. The molecular weight excluding hydrogens is 342 g/mol. The highest BCUT2D eigenvalue weighted by Gasteiger charge is 2.21. The summed E-state index contributed by atoms with van der Waals surface area (Å²) in [6.45, 7) is 1.84. The first-order valence-electron chi connectivity index (χ1n) is 8.12. The van der Waals surface area contributed by atoms with E-state index in [0.717, 1.165) is 15.8 Å². The Morgan fingerprint density at radius 3 is 2.52 bits per heavy atom. The minimum absolute atomic E-state index is 0.0113. The highest BCUT2D eigenvalue weighted by atomic mass is 16.4. The zero-order valence-corrected chi connectivity index (χ0v) is 14.5. The average molecular weight is 357 g/mol. The number of carbonyl (C=O) groups is 1. The third kappa shape index (κ3) is 3.67. The summed E-state index contributed by atoms with van der Waals surface area (Å²) in [5, 5.41) is 23.1. The van der Waals surface area contributed by atoms with E-state index in [2.05, 4.69) is 5.10 Å². The number of nitriles is 1. The van der Waals surface area contributed by atoms with Gasteiger partial charge in [0, 0.05) is 5.56 Å². The van der Waals surface area contributed by atoms with Crippen LogP contribution in [0.25, 0.3) is 17.8 Å². The number of aromatic carboxylic acids is 1. The summed E-state index contributed by atoms with van der Waals surface area (Å²) >= 11 is 0. The fourth-order valence-corrected chi connectivity index (χ4v) is 2.65. The molecule has 3 aromatic rings. The Hall–Kier alpha value is -3.98. The monoisotopic (exact) mass is 357 g/mol. The predicted octanol–water partition coefficient (Wildman–Crippen LogP) is 3.28. The fourth-order valence-electron chi connectivity index (χ4n) is 2.65. The molecule has 0 atom stereocenters. The van der Waals surface area contributed by atoms with Crippen molar-refractivity contribution in [2.75, 3.05) is 0 Å². The van der Waals surface area contributed by atoms with Gasteiger partial charge in [0.15, 0.2) is 5.69 Å². The largest absolute Gasteiger partial charge is 0.476 e. The molecule has 0 aliphatic heterocycles. The molecule has 0 fully saturated rings. The van der Waals surface area contributed by atoms with Gasteiger partial charge in [0.1, 0.15) is 11.6 Å². The van der Waals surface area contributed by atoms with Crippen LogP contribution >= 0.6 is 0 Å². The summed E-state index contributed by atoms with van der Waals surface area (Å²) in [5.74, 6) is -1.32. The summed E-state index contributed by atoms with van der Waals surface area (Å²) in [4.78, 5) is 24.5. The number of benzene rings is 2. The summed E-state index contributed by atoms with van der Waals surface area (Å²) in [5.41, 5.74) is 0.780. The van der Waals surface area contributed by atoms with Gasteiger partial charge in [-0.25, -0.2) is 4.79 Å². The predicted molar refractivity (Wildman–Crippen MR) is 102 cm³/mol. The Bertz CT molecular complexity index is 1140. The van der Waals surface area contributed by atoms with E-state index in [1.807, 2.05) is 49.4 Å². The molecule has 2 aromatic carbocycles. The van der Waals surface area contributed by atoms with E-state index < -0.39 is 11.5 Å². The molecule has 1 N–H and O–H groups in total. The van der Waals surface area contributed by atoms with Gasteiger partial charge in [-0.2, -0.15) is 15.0 Å². The highest BCUT2D eigenvalue weighted by Crippen LogP contribution is 2.16. The zero-order chi connectivity index (χ0) is 19.4. The normalized spacial score (nSPS) is 10.7. The molecule has 1 heterocycles. The van der Waals surface area contributed by atoms with Crippen molar-refractivity contribution in [3.05, 3.63) is 92.9 Å². The van der Waals surface area contributed by atoms with Gasteiger partial charge in [0.2, 0.25) is 0 Å². The van der Waals surface area contributed by atoms with Crippen LogP contribution in [0.15, 0.2) is 59.4 Å². The Labute approximate surface area is 155 Å². The molecule has 0 unspecified atom stereocenters. The van der Waals surface area contributed by atoms with Crippen LogP contribution in [0, 0.1) is 18.3 Å². The molecule has 0 bridgehead atoms. The Morgan fingerprint density at radius 2 is 1.89 bits per heavy atom. The third-order valence-corrected chi connectivity index (χ3v) is 3.93. The lowest BCUT2D eigenvalue weighted by Crippen LogP contribution is -2.28. The maximum Gasteiger partial charge on any atom is 0.357 e. The minimum Gasteiger partial charge on any atom is -0.476 e. The average Bonchev–Trinajstić information content (AvgIpc) is 2.66. The maximum atomic E-state index is 12.8. The maximum absolute atomic E-state index is 12.8. The van der Waals surface area contributed by atoms with Crippen LogP contribution in [-0.4, -0.2) is 20.9 Å². The van der Waals surface area contributed by atoms with E-state index in [9.17, 15) is 20.0 Å². The van der Waals surface area contributed by atoms with Gasteiger partial charge in [0.25, 0.3) is 5.56 Å². The van der Waals surface area contributed by atoms with Gasteiger partial charge in [-0.3, -0.25) is 4.79 Å². The van der Waals surface area contributed by atoms with Crippen molar-refractivity contribution in [1.29, 1.82) is 5.26 Å². The second-order valence-electron chi connectivity index (χ2n) is 5.85. The molecule has 0 saturated heterocycles. The molecule has 0 amide bonds. The first-order valence-corrected chi connectivity index (χ1v) is 8.12. The third-order valence-electron chi connectivity index (χ3n) is 3.93. The smallest absolute Gasteiger partial charge is 0.357 e. The molecule has 132 valence electrons. The number of rotatable bonds is 4. The van der Waals surface area contributed by atoms with Gasteiger partial charge < -0.3 is 5.11 Å². The molecular formula is C21H15N3O3. The van der Waals surface area contributed by atoms with Crippen molar-refractivity contribution in [3.8, 4) is 11.8 Å². The molecule has 0 saturated carbocycles.